The minimum Gasteiger partial charge on any atom is -0.494 e. The second-order valence-electron chi connectivity index (χ2n) is 9.03. The van der Waals surface area contributed by atoms with Crippen molar-refractivity contribution in [2.45, 2.75) is 24.8 Å². The van der Waals surface area contributed by atoms with Crippen LogP contribution in [0.4, 0.5) is 5.69 Å². The lowest BCUT2D eigenvalue weighted by Crippen LogP contribution is -2.57. The summed E-state index contributed by atoms with van der Waals surface area (Å²) in [4.78, 5) is 41.5. The molecular weight excluding hydrogens is 432 g/mol. The number of nitrogens with zero attached hydrogens (tertiary/aromatic N) is 2. The predicted molar refractivity (Wildman–Crippen MR) is 124 cm³/mol. The number of carbonyl (C=O) groups excluding carboxylic acids is 2. The maximum Gasteiger partial charge on any atom is 0.285 e. The molecule has 4 aliphatic rings. The van der Waals surface area contributed by atoms with E-state index in [-0.39, 0.29) is 4.92 Å². The third-order valence-electron chi connectivity index (χ3n) is 7.43. The molecule has 2 amide bonds. The van der Waals surface area contributed by atoms with Crippen LogP contribution < -0.4 is 9.64 Å². The highest BCUT2D eigenvalue weighted by Gasteiger charge is 2.74. The summed E-state index contributed by atoms with van der Waals surface area (Å²) in [5.74, 6) is -2.63. The minimum atomic E-state index is -1.81. The third kappa shape index (κ3) is 2.41. The average molecular weight is 454 g/mol. The van der Waals surface area contributed by atoms with E-state index in [1.165, 1.54) is 0 Å². The van der Waals surface area contributed by atoms with Crippen LogP contribution in [0.5, 0.6) is 5.75 Å². The normalized spacial score (nSPS) is 26.1. The molecule has 1 fully saturated rings. The molecular formula is C27H22N2O5. The lowest BCUT2D eigenvalue weighted by atomic mass is 9.51. The van der Waals surface area contributed by atoms with Crippen molar-refractivity contribution in [3.8, 4) is 5.75 Å². The first kappa shape index (κ1) is 20.6. The van der Waals surface area contributed by atoms with Gasteiger partial charge in [-0.15, -0.1) is 0 Å². The fourth-order valence-corrected chi connectivity index (χ4v) is 6.21. The smallest absolute Gasteiger partial charge is 0.285 e. The van der Waals surface area contributed by atoms with Gasteiger partial charge in [0.25, 0.3) is 5.54 Å². The maximum absolute atomic E-state index is 13.9. The van der Waals surface area contributed by atoms with Crippen LogP contribution in [0.25, 0.3) is 0 Å². The van der Waals surface area contributed by atoms with Crippen molar-refractivity contribution in [2.24, 2.45) is 11.8 Å². The van der Waals surface area contributed by atoms with Crippen LogP contribution in [-0.4, -0.2) is 23.3 Å². The monoisotopic (exact) mass is 454 g/mol. The number of nitro groups is 1. The number of rotatable bonds is 5. The summed E-state index contributed by atoms with van der Waals surface area (Å²) in [6, 6.07) is 21.1. The Kier molecular flexibility index (Phi) is 4.39. The Morgan fingerprint density at radius 1 is 0.912 bits per heavy atom. The molecule has 3 aromatic rings. The average Bonchev–Trinajstić information content (AvgIpc) is 3.13. The van der Waals surface area contributed by atoms with E-state index in [0.717, 1.165) is 22.4 Å². The van der Waals surface area contributed by atoms with E-state index in [2.05, 4.69) is 0 Å². The Hall–Kier alpha value is -4.00. The lowest BCUT2D eigenvalue weighted by molar-refractivity contribution is -0.578. The van der Waals surface area contributed by atoms with Crippen molar-refractivity contribution < 1.29 is 19.2 Å². The summed E-state index contributed by atoms with van der Waals surface area (Å²) in [5.41, 5.74) is 1.13. The van der Waals surface area contributed by atoms with E-state index in [9.17, 15) is 19.7 Å². The Bertz CT molecular complexity index is 1300. The lowest BCUT2D eigenvalue weighted by Gasteiger charge is -2.48. The summed E-state index contributed by atoms with van der Waals surface area (Å²) in [6.07, 6.45) is 0.861. The van der Waals surface area contributed by atoms with Gasteiger partial charge in [0.05, 0.1) is 18.2 Å². The van der Waals surface area contributed by atoms with Crippen LogP contribution in [0.3, 0.4) is 0 Å². The molecule has 170 valence electrons. The second kappa shape index (κ2) is 7.25. The molecule has 0 aromatic heterocycles. The molecule has 7 rings (SSSR count). The van der Waals surface area contributed by atoms with Crippen molar-refractivity contribution in [3.63, 3.8) is 0 Å². The van der Waals surface area contributed by atoms with Crippen molar-refractivity contribution >= 4 is 17.5 Å². The van der Waals surface area contributed by atoms with Crippen LogP contribution in [0.15, 0.2) is 72.8 Å². The molecule has 0 spiro atoms. The molecule has 0 radical (unpaired) electrons. The van der Waals surface area contributed by atoms with Gasteiger partial charge in [0.2, 0.25) is 11.8 Å². The minimum absolute atomic E-state index is 0.353. The van der Waals surface area contributed by atoms with Gasteiger partial charge in [-0.1, -0.05) is 55.5 Å². The predicted octanol–water partition coefficient (Wildman–Crippen LogP) is 4.26. The SMILES string of the molecule is CCCOc1ccc(N2C(=O)[C@@H]3C4c5ccccc5C([N+](=O)[O-])(c5ccccc54)[C@@H]3C2=O)cc1. The molecule has 7 heteroatoms. The molecule has 3 aromatic carbocycles. The Morgan fingerprint density at radius 2 is 1.50 bits per heavy atom. The summed E-state index contributed by atoms with van der Waals surface area (Å²) in [5, 5.41) is 12.9. The van der Waals surface area contributed by atoms with Gasteiger partial charge in [-0.05, 0) is 41.8 Å². The number of ether oxygens (including phenoxy) is 1. The first-order valence-electron chi connectivity index (χ1n) is 11.5. The first-order valence-corrected chi connectivity index (χ1v) is 11.5. The standard InChI is InChI=1S/C27H22N2O5/c1-2-15-34-17-13-11-16(12-14-17)28-25(30)23-22-18-7-3-5-9-20(18)27(29(32)33,24(23)26(28)31)21-10-6-4-8-19(21)22/h3-14,22-24H,2,15H2,1H3/t22?,23-,24+,27?/m1/s1. The van der Waals surface area contributed by atoms with Crippen molar-refractivity contribution in [2.75, 3.05) is 11.5 Å². The largest absolute Gasteiger partial charge is 0.494 e. The maximum atomic E-state index is 13.9. The molecule has 2 atom stereocenters. The van der Waals surface area contributed by atoms with Crippen LogP contribution in [0, 0.1) is 22.0 Å². The number of amides is 2. The highest BCUT2D eigenvalue weighted by Crippen LogP contribution is 2.64. The van der Waals surface area contributed by atoms with Gasteiger partial charge in [0.15, 0.2) is 0 Å². The van der Waals surface area contributed by atoms with E-state index < -0.39 is 35.1 Å². The number of imide groups is 1. The summed E-state index contributed by atoms with van der Waals surface area (Å²) in [6.45, 7) is 2.57. The van der Waals surface area contributed by atoms with E-state index in [1.807, 2.05) is 31.2 Å². The van der Waals surface area contributed by atoms with Gasteiger partial charge in [0.1, 0.15) is 11.7 Å². The molecule has 34 heavy (non-hydrogen) atoms. The molecule has 7 nitrogen and oxygen atoms in total. The fourth-order valence-electron chi connectivity index (χ4n) is 6.21. The zero-order valence-corrected chi connectivity index (χ0v) is 18.5. The van der Waals surface area contributed by atoms with Crippen LogP contribution in [-0.2, 0) is 15.1 Å². The number of carbonyl (C=O) groups is 2. The molecule has 0 N–H and O–H groups in total. The quantitative estimate of drug-likeness (QED) is 0.326. The highest BCUT2D eigenvalue weighted by molar-refractivity contribution is 6.23. The zero-order chi connectivity index (χ0) is 23.6. The third-order valence-corrected chi connectivity index (χ3v) is 7.43. The number of hydrogen-bond donors (Lipinski definition) is 0. The van der Waals surface area contributed by atoms with Crippen LogP contribution in [0.2, 0.25) is 0 Å². The molecule has 0 unspecified atom stereocenters. The molecule has 3 aliphatic carbocycles. The van der Waals surface area contributed by atoms with Crippen molar-refractivity contribution in [3.05, 3.63) is 105 Å². The van der Waals surface area contributed by atoms with E-state index in [4.69, 9.17) is 4.74 Å². The summed E-state index contributed by atoms with van der Waals surface area (Å²) >= 11 is 0. The molecule has 1 saturated heterocycles. The second-order valence-corrected chi connectivity index (χ2v) is 9.03. The van der Waals surface area contributed by atoms with E-state index in [0.29, 0.717) is 29.2 Å². The molecule has 1 heterocycles. The molecule has 0 saturated carbocycles. The van der Waals surface area contributed by atoms with Gasteiger partial charge in [0, 0.05) is 22.0 Å². The van der Waals surface area contributed by atoms with Gasteiger partial charge in [-0.25, -0.2) is 4.90 Å². The number of hydrogen-bond acceptors (Lipinski definition) is 5. The van der Waals surface area contributed by atoms with Gasteiger partial charge in [-0.3, -0.25) is 19.7 Å². The van der Waals surface area contributed by atoms with E-state index >= 15 is 0 Å². The fraction of sp³-hybridized carbons (Fsp3) is 0.259. The highest BCUT2D eigenvalue weighted by atomic mass is 16.6. The first-order chi connectivity index (χ1) is 16.5. The Labute approximate surface area is 196 Å². The summed E-state index contributed by atoms with van der Waals surface area (Å²) in [7, 11) is 0. The zero-order valence-electron chi connectivity index (χ0n) is 18.5. The van der Waals surface area contributed by atoms with Crippen LogP contribution >= 0.6 is 0 Å². The van der Waals surface area contributed by atoms with Gasteiger partial charge < -0.3 is 4.74 Å². The molecule has 1 aliphatic heterocycles. The number of anilines is 1. The van der Waals surface area contributed by atoms with Crippen LogP contribution in [0.1, 0.15) is 41.5 Å². The Balaban J connectivity index is 1.54. The molecule has 2 bridgehead atoms. The van der Waals surface area contributed by atoms with Gasteiger partial charge >= 0.3 is 0 Å². The van der Waals surface area contributed by atoms with Gasteiger partial charge in [-0.2, -0.15) is 0 Å². The topological polar surface area (TPSA) is 89.8 Å². The summed E-state index contributed by atoms with van der Waals surface area (Å²) < 4.78 is 5.62. The van der Waals surface area contributed by atoms with E-state index in [1.54, 1.807) is 48.5 Å². The van der Waals surface area contributed by atoms with Crippen molar-refractivity contribution in [1.29, 1.82) is 0 Å². The number of benzene rings is 3. The van der Waals surface area contributed by atoms with Crippen molar-refractivity contribution in [1.82, 2.24) is 0 Å². The Morgan fingerprint density at radius 3 is 2.06 bits per heavy atom.